The van der Waals surface area contributed by atoms with Gasteiger partial charge >= 0.3 is 6.18 Å². The zero-order chi connectivity index (χ0) is 18.0. The van der Waals surface area contributed by atoms with Crippen LogP contribution in [0, 0.1) is 5.92 Å². The van der Waals surface area contributed by atoms with Crippen molar-refractivity contribution >= 4 is 17.5 Å². The summed E-state index contributed by atoms with van der Waals surface area (Å²) in [5.74, 6) is -2.05. The van der Waals surface area contributed by atoms with E-state index in [0.717, 1.165) is 0 Å². The number of fused-ring (bicyclic) bond motifs is 1. The van der Waals surface area contributed by atoms with Gasteiger partial charge in [0.05, 0.1) is 11.6 Å². The number of ether oxygens (including phenoxy) is 1. The summed E-state index contributed by atoms with van der Waals surface area (Å²) in [5, 5.41) is 2.48. The van der Waals surface area contributed by atoms with Gasteiger partial charge in [0, 0.05) is 6.04 Å². The summed E-state index contributed by atoms with van der Waals surface area (Å²) in [4.78, 5) is 25.6. The average Bonchev–Trinajstić information content (AvgIpc) is 2.57. The Morgan fingerprint density at radius 1 is 1.24 bits per heavy atom. The number of benzene rings is 1. The number of halogens is 3. The summed E-state index contributed by atoms with van der Waals surface area (Å²) in [7, 11) is 0. The summed E-state index contributed by atoms with van der Waals surface area (Å²) in [6.45, 7) is -0.515. The molecule has 0 radical (unpaired) electrons. The molecular formula is C17H19F3N2O3. The number of alkyl halides is 3. The Labute approximate surface area is 143 Å². The second kappa shape index (κ2) is 6.93. The molecule has 1 saturated carbocycles. The van der Waals surface area contributed by atoms with Gasteiger partial charge < -0.3 is 10.1 Å². The Bertz CT molecular complexity index is 663. The molecule has 1 aliphatic carbocycles. The van der Waals surface area contributed by atoms with Crippen molar-refractivity contribution in [3.8, 4) is 5.75 Å². The second-order valence-corrected chi connectivity index (χ2v) is 6.34. The zero-order valence-corrected chi connectivity index (χ0v) is 13.5. The quantitative estimate of drug-likeness (QED) is 0.906. The Kier molecular flexibility index (Phi) is 4.87. The minimum Gasteiger partial charge on any atom is -0.482 e. The molecule has 1 aliphatic heterocycles. The predicted octanol–water partition coefficient (Wildman–Crippen LogP) is 2.65. The lowest BCUT2D eigenvalue weighted by Gasteiger charge is -2.34. The van der Waals surface area contributed by atoms with Gasteiger partial charge in [-0.25, -0.2) is 0 Å². The fraction of sp³-hybridized carbons (Fsp3) is 0.529. The van der Waals surface area contributed by atoms with Crippen LogP contribution in [0.4, 0.5) is 18.9 Å². The lowest BCUT2D eigenvalue weighted by Crippen LogP contribution is -2.51. The maximum atomic E-state index is 13.1. The van der Waals surface area contributed by atoms with Crippen molar-refractivity contribution in [3.05, 3.63) is 24.3 Å². The van der Waals surface area contributed by atoms with Gasteiger partial charge in [-0.2, -0.15) is 13.2 Å². The highest BCUT2D eigenvalue weighted by Gasteiger charge is 2.46. The number of rotatable bonds is 3. The monoisotopic (exact) mass is 356 g/mol. The van der Waals surface area contributed by atoms with Gasteiger partial charge in [0.1, 0.15) is 12.3 Å². The molecule has 136 valence electrons. The molecule has 0 bridgehead atoms. The van der Waals surface area contributed by atoms with Crippen LogP contribution in [0.1, 0.15) is 25.7 Å². The lowest BCUT2D eigenvalue weighted by atomic mass is 9.84. The Morgan fingerprint density at radius 3 is 2.72 bits per heavy atom. The predicted molar refractivity (Wildman–Crippen MR) is 84.2 cm³/mol. The number of carbonyl (C=O) groups excluding carboxylic acids is 2. The number of anilines is 1. The van der Waals surface area contributed by atoms with Gasteiger partial charge in [-0.05, 0) is 25.0 Å². The molecule has 1 fully saturated rings. The van der Waals surface area contributed by atoms with Crippen LogP contribution >= 0.6 is 0 Å². The first kappa shape index (κ1) is 17.6. The molecule has 2 amide bonds. The third-order valence-electron chi connectivity index (χ3n) is 4.64. The number of nitrogens with zero attached hydrogens (tertiary/aromatic N) is 1. The van der Waals surface area contributed by atoms with E-state index >= 15 is 0 Å². The van der Waals surface area contributed by atoms with E-state index in [1.54, 1.807) is 24.3 Å². The number of para-hydroxylation sites is 2. The van der Waals surface area contributed by atoms with E-state index in [-0.39, 0.29) is 19.6 Å². The van der Waals surface area contributed by atoms with Crippen molar-refractivity contribution in [1.29, 1.82) is 0 Å². The van der Waals surface area contributed by atoms with E-state index in [1.165, 1.54) is 4.90 Å². The van der Waals surface area contributed by atoms with Gasteiger partial charge in [-0.3, -0.25) is 14.5 Å². The van der Waals surface area contributed by atoms with Gasteiger partial charge in [0.2, 0.25) is 5.91 Å². The summed E-state index contributed by atoms with van der Waals surface area (Å²) >= 11 is 0. The molecule has 2 atom stereocenters. The molecule has 2 aliphatic rings. The standard InChI is InChI=1S/C17H19F3N2O3/c18-17(19,20)11-5-1-2-6-12(11)21-15(23)9-22-13-7-3-4-8-14(13)25-10-16(22)24/h3-4,7-8,11-12H,1-2,5-6,9-10H2,(H,21,23). The van der Waals surface area contributed by atoms with Crippen LogP contribution in [0.3, 0.4) is 0 Å². The summed E-state index contributed by atoms with van der Waals surface area (Å²) in [6.07, 6.45) is -2.86. The van der Waals surface area contributed by atoms with Crippen molar-refractivity contribution in [1.82, 2.24) is 5.32 Å². The first-order chi connectivity index (χ1) is 11.9. The molecule has 0 spiro atoms. The van der Waals surface area contributed by atoms with Gasteiger partial charge in [-0.15, -0.1) is 0 Å². The highest BCUT2D eigenvalue weighted by molar-refractivity contribution is 6.02. The number of amides is 2. The van der Waals surface area contributed by atoms with E-state index in [4.69, 9.17) is 4.74 Å². The highest BCUT2D eigenvalue weighted by Crippen LogP contribution is 2.38. The molecule has 3 rings (SSSR count). The number of hydrogen-bond acceptors (Lipinski definition) is 3. The molecule has 1 aromatic carbocycles. The lowest BCUT2D eigenvalue weighted by molar-refractivity contribution is -0.189. The molecule has 25 heavy (non-hydrogen) atoms. The van der Waals surface area contributed by atoms with Crippen molar-refractivity contribution in [2.24, 2.45) is 5.92 Å². The second-order valence-electron chi connectivity index (χ2n) is 6.34. The average molecular weight is 356 g/mol. The molecule has 1 heterocycles. The first-order valence-corrected chi connectivity index (χ1v) is 8.24. The van der Waals surface area contributed by atoms with Crippen LogP contribution in [-0.4, -0.2) is 37.2 Å². The Morgan fingerprint density at radius 2 is 1.96 bits per heavy atom. The Hall–Kier alpha value is -2.25. The molecule has 1 aromatic rings. The van der Waals surface area contributed by atoms with E-state index in [2.05, 4.69) is 5.32 Å². The zero-order valence-electron chi connectivity index (χ0n) is 13.5. The van der Waals surface area contributed by atoms with Crippen molar-refractivity contribution in [3.63, 3.8) is 0 Å². The number of carbonyl (C=O) groups is 2. The van der Waals surface area contributed by atoms with Crippen molar-refractivity contribution in [2.45, 2.75) is 37.9 Å². The third kappa shape index (κ3) is 3.88. The van der Waals surface area contributed by atoms with Crippen LogP contribution in [-0.2, 0) is 9.59 Å². The SMILES string of the molecule is O=C(CN1C(=O)COc2ccccc21)NC1CCCCC1C(F)(F)F. The molecule has 1 N–H and O–H groups in total. The van der Waals surface area contributed by atoms with E-state index < -0.39 is 30.0 Å². The Balaban J connectivity index is 1.69. The van der Waals surface area contributed by atoms with Crippen LogP contribution in [0.2, 0.25) is 0 Å². The molecule has 5 nitrogen and oxygen atoms in total. The highest BCUT2D eigenvalue weighted by atomic mass is 19.4. The summed E-state index contributed by atoms with van der Waals surface area (Å²) < 4.78 is 44.7. The summed E-state index contributed by atoms with van der Waals surface area (Å²) in [5.41, 5.74) is 0.449. The van der Waals surface area contributed by atoms with Crippen molar-refractivity contribution in [2.75, 3.05) is 18.1 Å². The fourth-order valence-corrected chi connectivity index (χ4v) is 3.42. The van der Waals surface area contributed by atoms with Crippen LogP contribution in [0.25, 0.3) is 0 Å². The maximum Gasteiger partial charge on any atom is 0.393 e. The number of nitrogens with one attached hydrogen (secondary N) is 1. The summed E-state index contributed by atoms with van der Waals surface area (Å²) in [6, 6.07) is 5.81. The van der Waals surface area contributed by atoms with E-state index in [1.807, 2.05) is 0 Å². The van der Waals surface area contributed by atoms with Crippen molar-refractivity contribution < 1.29 is 27.5 Å². The third-order valence-corrected chi connectivity index (χ3v) is 4.64. The van der Waals surface area contributed by atoms with E-state index in [0.29, 0.717) is 30.7 Å². The van der Waals surface area contributed by atoms with Gasteiger partial charge in [0.15, 0.2) is 6.61 Å². The largest absolute Gasteiger partial charge is 0.482 e. The van der Waals surface area contributed by atoms with Crippen LogP contribution < -0.4 is 15.0 Å². The topological polar surface area (TPSA) is 58.6 Å². The minimum absolute atomic E-state index is 0.0216. The van der Waals surface area contributed by atoms with Gasteiger partial charge in [0.25, 0.3) is 5.91 Å². The normalized spacial score (nSPS) is 23.6. The van der Waals surface area contributed by atoms with Crippen LogP contribution in [0.5, 0.6) is 5.75 Å². The molecule has 2 unspecified atom stereocenters. The van der Waals surface area contributed by atoms with Gasteiger partial charge in [-0.1, -0.05) is 25.0 Å². The molecular weight excluding hydrogens is 337 g/mol. The fourth-order valence-electron chi connectivity index (χ4n) is 3.42. The smallest absolute Gasteiger partial charge is 0.393 e. The number of hydrogen-bond donors (Lipinski definition) is 1. The molecule has 0 saturated heterocycles. The van der Waals surface area contributed by atoms with E-state index in [9.17, 15) is 22.8 Å². The maximum absolute atomic E-state index is 13.1. The minimum atomic E-state index is -4.33. The molecule has 0 aromatic heterocycles. The first-order valence-electron chi connectivity index (χ1n) is 8.24. The van der Waals surface area contributed by atoms with Crippen LogP contribution in [0.15, 0.2) is 24.3 Å². The molecule has 8 heteroatoms.